The Morgan fingerprint density at radius 1 is 0.483 bits per heavy atom. The van der Waals surface area contributed by atoms with Crippen LogP contribution < -0.4 is 10.7 Å². The van der Waals surface area contributed by atoms with Gasteiger partial charge < -0.3 is 0 Å². The number of rotatable bonds is 5. The SMILES string of the molecule is c1cc[c]([Sn]([S]N2Cc3ccccc3C2)([c]2ccccc2)[c]2ccccc2)cc1. The Kier molecular flexibility index (Phi) is 5.49. The molecule has 0 saturated heterocycles. The zero-order valence-corrected chi connectivity index (χ0v) is 19.9. The van der Waals surface area contributed by atoms with Crippen molar-refractivity contribution < 1.29 is 0 Å². The average molecular weight is 500 g/mol. The zero-order chi connectivity index (χ0) is 19.5. The molecule has 0 N–H and O–H groups in total. The first-order chi connectivity index (χ1) is 14.4. The van der Waals surface area contributed by atoms with Crippen LogP contribution in [-0.2, 0) is 13.1 Å². The summed E-state index contributed by atoms with van der Waals surface area (Å²) in [7, 11) is 2.16. The van der Waals surface area contributed by atoms with Crippen molar-refractivity contribution in [2.45, 2.75) is 13.1 Å². The maximum atomic E-state index is 2.60. The van der Waals surface area contributed by atoms with E-state index in [2.05, 4.69) is 129 Å². The first-order valence-electron chi connectivity index (χ1n) is 10.0. The quantitative estimate of drug-likeness (QED) is 0.297. The molecule has 0 spiro atoms. The summed E-state index contributed by atoms with van der Waals surface area (Å²) in [5.41, 5.74) is 2.93. The standard InChI is InChI=1S/C8H8NS.3C6H5.Sn/c10-9-5-7-3-1-2-4-8(7)6-9;3*1-2-4-6-5-3-1;/h1-4H,5-6H2;3*1-5H;/q-1;;;;+1. The van der Waals surface area contributed by atoms with Gasteiger partial charge in [-0.05, 0) is 0 Å². The predicted octanol–water partition coefficient (Wildman–Crippen LogP) is 4.32. The van der Waals surface area contributed by atoms with Gasteiger partial charge in [0.2, 0.25) is 0 Å². The third-order valence-corrected chi connectivity index (χ3v) is 25.5. The van der Waals surface area contributed by atoms with Gasteiger partial charge in [-0.1, -0.05) is 0 Å². The first kappa shape index (κ1) is 19.0. The molecule has 1 aliphatic heterocycles. The van der Waals surface area contributed by atoms with Gasteiger partial charge in [0.1, 0.15) is 0 Å². The number of nitrogens with zero attached hydrogens (tertiary/aromatic N) is 1. The van der Waals surface area contributed by atoms with E-state index in [0.717, 1.165) is 13.1 Å². The topological polar surface area (TPSA) is 3.24 Å². The molecule has 142 valence electrons. The minimum atomic E-state index is -3.30. The first-order valence-corrected chi connectivity index (χ1v) is 18.6. The van der Waals surface area contributed by atoms with Crippen molar-refractivity contribution >= 4 is 36.9 Å². The summed E-state index contributed by atoms with van der Waals surface area (Å²) in [5, 5.41) is 0. The Morgan fingerprint density at radius 2 is 0.828 bits per heavy atom. The molecule has 1 heterocycles. The van der Waals surface area contributed by atoms with E-state index >= 15 is 0 Å². The van der Waals surface area contributed by atoms with Crippen molar-refractivity contribution in [2.75, 3.05) is 0 Å². The molecule has 0 atom stereocenters. The molecule has 1 nitrogen and oxygen atoms in total. The van der Waals surface area contributed by atoms with Gasteiger partial charge in [-0.2, -0.15) is 0 Å². The summed E-state index contributed by atoms with van der Waals surface area (Å²) in [6.45, 7) is 2.04. The van der Waals surface area contributed by atoms with Crippen LogP contribution in [0.5, 0.6) is 0 Å². The van der Waals surface area contributed by atoms with Gasteiger partial charge >= 0.3 is 181 Å². The monoisotopic (exact) mass is 501 g/mol. The second-order valence-electron chi connectivity index (χ2n) is 7.44. The van der Waals surface area contributed by atoms with Crippen molar-refractivity contribution in [1.82, 2.24) is 4.31 Å². The van der Waals surface area contributed by atoms with Crippen molar-refractivity contribution in [3.63, 3.8) is 0 Å². The third-order valence-electron chi connectivity index (χ3n) is 5.62. The number of hydrogen-bond donors (Lipinski definition) is 0. The third kappa shape index (κ3) is 3.65. The molecular weight excluding hydrogens is 477 g/mol. The van der Waals surface area contributed by atoms with Gasteiger partial charge in [0.05, 0.1) is 0 Å². The molecule has 4 aromatic carbocycles. The molecule has 0 amide bonds. The van der Waals surface area contributed by atoms with Crippen LogP contribution in [0.3, 0.4) is 0 Å². The molecule has 0 saturated carbocycles. The van der Waals surface area contributed by atoms with E-state index in [0.29, 0.717) is 0 Å². The maximum absolute atomic E-state index is 3.30. The fourth-order valence-corrected chi connectivity index (χ4v) is 23.7. The molecule has 0 unspecified atom stereocenters. The normalized spacial score (nSPS) is 13.9. The summed E-state index contributed by atoms with van der Waals surface area (Å²) < 4.78 is 7.15. The van der Waals surface area contributed by atoms with E-state index in [1.807, 2.05) is 0 Å². The van der Waals surface area contributed by atoms with Crippen LogP contribution in [0, 0.1) is 0 Å². The van der Waals surface area contributed by atoms with E-state index in [1.54, 1.807) is 0 Å². The summed E-state index contributed by atoms with van der Waals surface area (Å²) in [5.74, 6) is 0. The summed E-state index contributed by atoms with van der Waals surface area (Å²) in [6, 6.07) is 42.6. The van der Waals surface area contributed by atoms with Gasteiger partial charge in [0.15, 0.2) is 0 Å². The summed E-state index contributed by atoms with van der Waals surface area (Å²) in [4.78, 5) is 0. The van der Waals surface area contributed by atoms with Crippen molar-refractivity contribution in [1.29, 1.82) is 0 Å². The van der Waals surface area contributed by atoms with Crippen LogP contribution in [0.1, 0.15) is 11.1 Å². The van der Waals surface area contributed by atoms with E-state index in [4.69, 9.17) is 0 Å². The molecule has 0 bridgehead atoms. The van der Waals surface area contributed by atoms with Gasteiger partial charge in [-0.15, -0.1) is 0 Å². The van der Waals surface area contributed by atoms with Crippen LogP contribution in [0.2, 0.25) is 0 Å². The Bertz CT molecular complexity index is 962. The van der Waals surface area contributed by atoms with E-state index in [-0.39, 0.29) is 0 Å². The average Bonchev–Trinajstić information content (AvgIpc) is 3.22. The summed E-state index contributed by atoms with van der Waals surface area (Å²) in [6.07, 6.45) is 0. The van der Waals surface area contributed by atoms with Crippen LogP contribution in [-0.4, -0.2) is 21.3 Å². The van der Waals surface area contributed by atoms with E-state index < -0.39 is 17.0 Å². The minimum absolute atomic E-state index is 1.02. The van der Waals surface area contributed by atoms with Gasteiger partial charge in [0, 0.05) is 0 Å². The van der Waals surface area contributed by atoms with Gasteiger partial charge in [-0.3, -0.25) is 0 Å². The van der Waals surface area contributed by atoms with Crippen molar-refractivity contribution in [3.05, 3.63) is 126 Å². The van der Waals surface area contributed by atoms with Crippen LogP contribution in [0.25, 0.3) is 0 Å². The molecule has 0 fully saturated rings. The molecule has 29 heavy (non-hydrogen) atoms. The summed E-state index contributed by atoms with van der Waals surface area (Å²) >= 11 is -3.30. The number of fused-ring (bicyclic) bond motifs is 1. The van der Waals surface area contributed by atoms with E-state index in [1.165, 1.54) is 21.9 Å². The Hall–Kier alpha value is -2.01. The van der Waals surface area contributed by atoms with Crippen LogP contribution >= 0.6 is 9.13 Å². The fourth-order valence-electron chi connectivity index (χ4n) is 4.24. The Morgan fingerprint density at radius 3 is 1.21 bits per heavy atom. The fraction of sp³-hybridized carbons (Fsp3) is 0.0769. The second kappa shape index (κ2) is 8.39. The molecule has 3 heteroatoms. The number of hydrogen-bond acceptors (Lipinski definition) is 2. The van der Waals surface area contributed by atoms with Crippen molar-refractivity contribution in [3.8, 4) is 0 Å². The Labute approximate surface area is 179 Å². The zero-order valence-electron chi connectivity index (χ0n) is 16.2. The molecular formula is C26H23NSSn. The molecule has 0 aliphatic carbocycles. The van der Waals surface area contributed by atoms with Crippen molar-refractivity contribution in [2.24, 2.45) is 0 Å². The second-order valence-corrected chi connectivity index (χ2v) is 22.6. The number of benzene rings is 4. The van der Waals surface area contributed by atoms with E-state index in [9.17, 15) is 0 Å². The molecule has 4 aromatic rings. The van der Waals surface area contributed by atoms with Crippen LogP contribution in [0.4, 0.5) is 0 Å². The van der Waals surface area contributed by atoms with Crippen LogP contribution in [0.15, 0.2) is 115 Å². The van der Waals surface area contributed by atoms with Gasteiger partial charge in [0.25, 0.3) is 0 Å². The Balaban J connectivity index is 1.66. The molecule has 0 aromatic heterocycles. The van der Waals surface area contributed by atoms with Gasteiger partial charge in [-0.25, -0.2) is 0 Å². The molecule has 1 aliphatic rings. The molecule has 5 rings (SSSR count). The molecule has 0 radical (unpaired) electrons. The predicted molar refractivity (Wildman–Crippen MR) is 127 cm³/mol.